The van der Waals surface area contributed by atoms with E-state index in [1.54, 1.807) is 24.3 Å². The average Bonchev–Trinajstić information content (AvgIpc) is 2.39. The molecule has 0 aromatic heterocycles. The Morgan fingerprint density at radius 3 is 2.19 bits per heavy atom. The van der Waals surface area contributed by atoms with E-state index in [1.165, 1.54) is 0 Å². The Bertz CT molecular complexity index is 595. The molecule has 0 aliphatic rings. The molecule has 0 heterocycles. The first-order chi connectivity index (χ1) is 9.84. The van der Waals surface area contributed by atoms with Crippen molar-refractivity contribution in [1.82, 2.24) is 0 Å². The van der Waals surface area contributed by atoms with Gasteiger partial charge in [-0.3, -0.25) is 0 Å². The SMILES string of the molecule is CC(C)(C)c1cc(O)cc(OCCc2ccc(O)cc2)c1. The van der Waals surface area contributed by atoms with Gasteiger partial charge in [-0.25, -0.2) is 0 Å². The summed E-state index contributed by atoms with van der Waals surface area (Å²) >= 11 is 0. The van der Waals surface area contributed by atoms with Gasteiger partial charge in [-0.1, -0.05) is 32.9 Å². The zero-order chi connectivity index (χ0) is 15.5. The number of hydrogen-bond donors (Lipinski definition) is 2. The largest absolute Gasteiger partial charge is 0.508 e. The first kappa shape index (κ1) is 15.2. The van der Waals surface area contributed by atoms with Crippen molar-refractivity contribution in [2.45, 2.75) is 32.6 Å². The predicted octanol–water partition coefficient (Wildman–Crippen LogP) is 4.02. The number of phenolic OH excluding ortho intramolecular Hbond substituents is 2. The van der Waals surface area contributed by atoms with E-state index in [0.717, 1.165) is 17.5 Å². The van der Waals surface area contributed by atoms with E-state index in [2.05, 4.69) is 20.8 Å². The molecule has 0 radical (unpaired) electrons. The molecule has 2 aromatic carbocycles. The molecular weight excluding hydrogens is 264 g/mol. The highest BCUT2D eigenvalue weighted by Gasteiger charge is 2.15. The Hall–Kier alpha value is -2.16. The van der Waals surface area contributed by atoms with Gasteiger partial charge >= 0.3 is 0 Å². The van der Waals surface area contributed by atoms with Crippen LogP contribution in [0.4, 0.5) is 0 Å². The van der Waals surface area contributed by atoms with Gasteiger partial charge in [0.25, 0.3) is 0 Å². The molecule has 0 fully saturated rings. The van der Waals surface area contributed by atoms with Crippen LogP contribution in [0.2, 0.25) is 0 Å². The summed E-state index contributed by atoms with van der Waals surface area (Å²) in [7, 11) is 0. The van der Waals surface area contributed by atoms with Crippen molar-refractivity contribution in [1.29, 1.82) is 0 Å². The van der Waals surface area contributed by atoms with Crippen LogP contribution in [0.5, 0.6) is 17.2 Å². The van der Waals surface area contributed by atoms with Crippen LogP contribution in [0.3, 0.4) is 0 Å². The third-order valence-electron chi connectivity index (χ3n) is 3.35. The summed E-state index contributed by atoms with van der Waals surface area (Å²) in [5, 5.41) is 19.0. The Balaban J connectivity index is 2.00. The fourth-order valence-electron chi connectivity index (χ4n) is 2.05. The van der Waals surface area contributed by atoms with Crippen LogP contribution in [0.25, 0.3) is 0 Å². The van der Waals surface area contributed by atoms with Crippen molar-refractivity contribution in [2.75, 3.05) is 6.61 Å². The van der Waals surface area contributed by atoms with Gasteiger partial charge in [-0.2, -0.15) is 0 Å². The van der Waals surface area contributed by atoms with Crippen LogP contribution in [-0.4, -0.2) is 16.8 Å². The molecule has 0 aliphatic heterocycles. The van der Waals surface area contributed by atoms with Gasteiger partial charge in [-0.15, -0.1) is 0 Å². The second kappa shape index (κ2) is 6.08. The second-order valence-electron chi connectivity index (χ2n) is 6.23. The summed E-state index contributed by atoms with van der Waals surface area (Å²) in [6.45, 7) is 6.82. The maximum atomic E-state index is 9.80. The molecule has 2 aromatic rings. The molecule has 0 aliphatic carbocycles. The molecule has 0 saturated heterocycles. The van der Waals surface area contributed by atoms with E-state index in [0.29, 0.717) is 12.4 Å². The van der Waals surface area contributed by atoms with Crippen molar-refractivity contribution >= 4 is 0 Å². The second-order valence-corrected chi connectivity index (χ2v) is 6.23. The molecule has 2 rings (SSSR count). The number of hydrogen-bond acceptors (Lipinski definition) is 3. The lowest BCUT2D eigenvalue weighted by molar-refractivity contribution is 0.318. The lowest BCUT2D eigenvalue weighted by Gasteiger charge is -2.20. The number of aromatic hydroxyl groups is 2. The summed E-state index contributed by atoms with van der Waals surface area (Å²) < 4.78 is 5.73. The Labute approximate surface area is 125 Å². The normalized spacial score (nSPS) is 11.4. The molecule has 0 atom stereocenters. The minimum absolute atomic E-state index is 0.0339. The molecule has 0 spiro atoms. The van der Waals surface area contributed by atoms with E-state index in [4.69, 9.17) is 4.74 Å². The number of ether oxygens (including phenoxy) is 1. The highest BCUT2D eigenvalue weighted by Crippen LogP contribution is 2.30. The zero-order valence-corrected chi connectivity index (χ0v) is 12.8. The molecule has 0 bridgehead atoms. The third kappa shape index (κ3) is 4.42. The molecular formula is C18H22O3. The summed E-state index contributed by atoms with van der Waals surface area (Å²) in [4.78, 5) is 0. The quantitative estimate of drug-likeness (QED) is 0.892. The Kier molecular flexibility index (Phi) is 4.41. The van der Waals surface area contributed by atoms with E-state index < -0.39 is 0 Å². The van der Waals surface area contributed by atoms with Crippen LogP contribution in [0.1, 0.15) is 31.9 Å². The third-order valence-corrected chi connectivity index (χ3v) is 3.35. The minimum atomic E-state index is -0.0339. The monoisotopic (exact) mass is 286 g/mol. The van der Waals surface area contributed by atoms with E-state index >= 15 is 0 Å². The summed E-state index contributed by atoms with van der Waals surface area (Å²) in [6.07, 6.45) is 0.751. The molecule has 21 heavy (non-hydrogen) atoms. The lowest BCUT2D eigenvalue weighted by atomic mass is 9.87. The first-order valence-corrected chi connectivity index (χ1v) is 7.10. The van der Waals surface area contributed by atoms with Gasteiger partial charge in [0.2, 0.25) is 0 Å². The molecule has 3 nitrogen and oxygen atoms in total. The average molecular weight is 286 g/mol. The predicted molar refractivity (Wildman–Crippen MR) is 84.1 cm³/mol. The van der Waals surface area contributed by atoms with Crippen molar-refractivity contribution in [3.63, 3.8) is 0 Å². The summed E-state index contributed by atoms with van der Waals surface area (Å²) in [5.41, 5.74) is 2.11. The van der Waals surface area contributed by atoms with Crippen LogP contribution in [0, 0.1) is 0 Å². The lowest BCUT2D eigenvalue weighted by Crippen LogP contribution is -2.11. The fourth-order valence-corrected chi connectivity index (χ4v) is 2.05. The highest BCUT2D eigenvalue weighted by atomic mass is 16.5. The van der Waals surface area contributed by atoms with E-state index in [1.807, 2.05) is 18.2 Å². The standard InChI is InChI=1S/C18H22O3/c1-18(2,3)14-10-16(20)12-17(11-14)21-9-8-13-4-6-15(19)7-5-13/h4-7,10-12,19-20H,8-9H2,1-3H3. The zero-order valence-electron chi connectivity index (χ0n) is 12.8. The maximum absolute atomic E-state index is 9.80. The summed E-state index contributed by atoms with van der Waals surface area (Å²) in [6, 6.07) is 12.5. The Morgan fingerprint density at radius 1 is 0.905 bits per heavy atom. The minimum Gasteiger partial charge on any atom is -0.508 e. The number of phenols is 2. The van der Waals surface area contributed by atoms with Gasteiger partial charge < -0.3 is 14.9 Å². The van der Waals surface area contributed by atoms with Gasteiger partial charge in [0.05, 0.1) is 6.61 Å². The maximum Gasteiger partial charge on any atom is 0.123 e. The van der Waals surface area contributed by atoms with Crippen LogP contribution >= 0.6 is 0 Å². The van der Waals surface area contributed by atoms with Crippen molar-refractivity contribution in [2.24, 2.45) is 0 Å². The van der Waals surface area contributed by atoms with Crippen molar-refractivity contribution in [3.8, 4) is 17.2 Å². The van der Waals surface area contributed by atoms with Crippen molar-refractivity contribution in [3.05, 3.63) is 53.6 Å². The van der Waals surface area contributed by atoms with Gasteiger partial charge in [0, 0.05) is 12.5 Å². The topological polar surface area (TPSA) is 49.7 Å². The van der Waals surface area contributed by atoms with Gasteiger partial charge in [-0.05, 0) is 40.8 Å². The smallest absolute Gasteiger partial charge is 0.123 e. The molecule has 0 unspecified atom stereocenters. The number of benzene rings is 2. The molecule has 3 heteroatoms. The van der Waals surface area contributed by atoms with E-state index in [-0.39, 0.29) is 16.9 Å². The van der Waals surface area contributed by atoms with Gasteiger partial charge in [0.15, 0.2) is 0 Å². The van der Waals surface area contributed by atoms with Crippen LogP contribution in [0.15, 0.2) is 42.5 Å². The first-order valence-electron chi connectivity index (χ1n) is 7.10. The Morgan fingerprint density at radius 2 is 1.57 bits per heavy atom. The molecule has 0 amide bonds. The van der Waals surface area contributed by atoms with Crippen LogP contribution < -0.4 is 4.74 Å². The molecule has 0 saturated carbocycles. The van der Waals surface area contributed by atoms with Crippen molar-refractivity contribution < 1.29 is 14.9 Å². The fraction of sp³-hybridized carbons (Fsp3) is 0.333. The number of rotatable bonds is 4. The van der Waals surface area contributed by atoms with Crippen LogP contribution in [-0.2, 0) is 11.8 Å². The van der Waals surface area contributed by atoms with E-state index in [9.17, 15) is 10.2 Å². The highest BCUT2D eigenvalue weighted by molar-refractivity contribution is 5.40. The van der Waals surface area contributed by atoms with Gasteiger partial charge in [0.1, 0.15) is 17.2 Å². The molecule has 112 valence electrons. The summed E-state index contributed by atoms with van der Waals surface area (Å²) in [5.74, 6) is 1.17. The molecule has 2 N–H and O–H groups in total.